The van der Waals surface area contributed by atoms with Crippen LogP contribution in [0.4, 0.5) is 5.69 Å². The van der Waals surface area contributed by atoms with Crippen LogP contribution in [0.15, 0.2) is 47.4 Å². The van der Waals surface area contributed by atoms with Crippen LogP contribution in [0, 0.1) is 0 Å². The lowest BCUT2D eigenvalue weighted by molar-refractivity contribution is -0.115. The van der Waals surface area contributed by atoms with Gasteiger partial charge in [-0.25, -0.2) is 0 Å². The first kappa shape index (κ1) is 21.2. The van der Waals surface area contributed by atoms with Crippen LogP contribution in [-0.4, -0.2) is 38.9 Å². The lowest BCUT2D eigenvalue weighted by atomic mass is 10.1. The molecule has 0 saturated carbocycles. The van der Waals surface area contributed by atoms with Crippen molar-refractivity contribution >= 4 is 35.3 Å². The monoisotopic (exact) mass is 402 g/mol. The second-order valence-electron chi connectivity index (χ2n) is 5.53. The summed E-state index contributed by atoms with van der Waals surface area (Å²) >= 11 is 1.27. The van der Waals surface area contributed by atoms with Crippen LogP contribution in [0.2, 0.25) is 0 Å². The fraction of sp³-hybridized carbons (Fsp3) is 0.200. The Labute approximate surface area is 167 Å². The minimum absolute atomic E-state index is 0.133. The zero-order chi connectivity index (χ0) is 20.5. The third kappa shape index (κ3) is 5.68. The third-order valence-corrected chi connectivity index (χ3v) is 4.72. The standard InChI is InChI=1S/C20H22N2O5S/c1-25-15-10-13(11-16(26-2)20(15)27-3)8-9-19(24)22-14-6-4-5-7-17(14)28-12-18(21)23/h4-11H,12H2,1-3H3,(H2,21,23)(H,22,24)/b9-8+. The summed E-state index contributed by atoms with van der Waals surface area (Å²) < 4.78 is 15.9. The summed E-state index contributed by atoms with van der Waals surface area (Å²) in [5.74, 6) is 0.861. The zero-order valence-corrected chi connectivity index (χ0v) is 16.7. The molecule has 0 aliphatic heterocycles. The number of thioether (sulfide) groups is 1. The van der Waals surface area contributed by atoms with Crippen molar-refractivity contribution in [2.75, 3.05) is 32.4 Å². The average Bonchev–Trinajstić information content (AvgIpc) is 2.70. The molecule has 0 fully saturated rings. The second kappa shape index (κ2) is 10.3. The predicted octanol–water partition coefficient (Wildman–Crippen LogP) is 2.94. The van der Waals surface area contributed by atoms with E-state index in [0.29, 0.717) is 28.5 Å². The number of anilines is 1. The number of primary amides is 1. The van der Waals surface area contributed by atoms with E-state index in [1.165, 1.54) is 39.2 Å². The molecule has 0 radical (unpaired) electrons. The molecule has 28 heavy (non-hydrogen) atoms. The summed E-state index contributed by atoms with van der Waals surface area (Å²) in [6.07, 6.45) is 3.04. The molecule has 148 valence electrons. The fourth-order valence-electron chi connectivity index (χ4n) is 2.39. The maximum absolute atomic E-state index is 12.3. The lowest BCUT2D eigenvalue weighted by Gasteiger charge is -2.12. The molecule has 0 atom stereocenters. The van der Waals surface area contributed by atoms with Gasteiger partial charge in [-0.3, -0.25) is 9.59 Å². The van der Waals surface area contributed by atoms with Crippen molar-refractivity contribution in [1.29, 1.82) is 0 Å². The average molecular weight is 402 g/mol. The van der Waals surface area contributed by atoms with Gasteiger partial charge in [0.25, 0.3) is 0 Å². The summed E-state index contributed by atoms with van der Waals surface area (Å²) in [5.41, 5.74) is 6.50. The summed E-state index contributed by atoms with van der Waals surface area (Å²) in [5, 5.41) is 2.80. The molecule has 2 rings (SSSR count). The fourth-order valence-corrected chi connectivity index (χ4v) is 3.14. The van der Waals surface area contributed by atoms with Gasteiger partial charge in [0.2, 0.25) is 17.6 Å². The largest absolute Gasteiger partial charge is 0.493 e. The van der Waals surface area contributed by atoms with E-state index >= 15 is 0 Å². The Kier molecular flexibility index (Phi) is 7.76. The molecule has 0 spiro atoms. The highest BCUT2D eigenvalue weighted by Gasteiger charge is 2.12. The van der Waals surface area contributed by atoms with Crippen LogP contribution in [0.25, 0.3) is 6.08 Å². The number of carbonyl (C=O) groups excluding carboxylic acids is 2. The number of benzene rings is 2. The van der Waals surface area contributed by atoms with E-state index in [1.54, 1.807) is 30.3 Å². The zero-order valence-electron chi connectivity index (χ0n) is 15.9. The highest BCUT2D eigenvalue weighted by Crippen LogP contribution is 2.38. The first-order valence-corrected chi connectivity index (χ1v) is 9.26. The van der Waals surface area contributed by atoms with Crippen molar-refractivity contribution in [3.05, 3.63) is 48.0 Å². The number of rotatable bonds is 9. The van der Waals surface area contributed by atoms with Gasteiger partial charge in [0.15, 0.2) is 11.5 Å². The van der Waals surface area contributed by atoms with Gasteiger partial charge in [-0.05, 0) is 35.9 Å². The van der Waals surface area contributed by atoms with Crippen LogP contribution in [-0.2, 0) is 9.59 Å². The lowest BCUT2D eigenvalue weighted by Crippen LogP contribution is -2.13. The first-order valence-electron chi connectivity index (χ1n) is 8.27. The number of carbonyl (C=O) groups is 2. The Morgan fingerprint density at radius 1 is 1.07 bits per heavy atom. The van der Waals surface area contributed by atoms with E-state index in [0.717, 1.165) is 4.90 Å². The molecule has 0 aliphatic rings. The van der Waals surface area contributed by atoms with Crippen LogP contribution >= 0.6 is 11.8 Å². The molecule has 0 bridgehead atoms. The van der Waals surface area contributed by atoms with Crippen molar-refractivity contribution in [1.82, 2.24) is 0 Å². The normalized spacial score (nSPS) is 10.5. The van der Waals surface area contributed by atoms with Crippen molar-refractivity contribution in [2.45, 2.75) is 4.90 Å². The highest BCUT2D eigenvalue weighted by atomic mass is 32.2. The minimum atomic E-state index is -0.423. The molecule has 3 N–H and O–H groups in total. The summed E-state index contributed by atoms with van der Waals surface area (Å²) in [6, 6.07) is 10.7. The topological polar surface area (TPSA) is 99.9 Å². The Hall–Kier alpha value is -3.13. The molecule has 8 heteroatoms. The van der Waals surface area contributed by atoms with Gasteiger partial charge < -0.3 is 25.3 Å². The molecular formula is C20H22N2O5S. The molecule has 0 heterocycles. The van der Waals surface area contributed by atoms with Gasteiger partial charge in [0, 0.05) is 11.0 Å². The van der Waals surface area contributed by atoms with E-state index in [9.17, 15) is 9.59 Å². The van der Waals surface area contributed by atoms with E-state index in [-0.39, 0.29) is 11.7 Å². The molecule has 7 nitrogen and oxygen atoms in total. The molecule has 0 saturated heterocycles. The van der Waals surface area contributed by atoms with Gasteiger partial charge in [-0.15, -0.1) is 11.8 Å². The number of hydrogen-bond donors (Lipinski definition) is 2. The van der Waals surface area contributed by atoms with Gasteiger partial charge in [-0.2, -0.15) is 0 Å². The quantitative estimate of drug-likeness (QED) is 0.494. The SMILES string of the molecule is COc1cc(/C=C/C(=O)Nc2ccccc2SCC(N)=O)cc(OC)c1OC. The highest BCUT2D eigenvalue weighted by molar-refractivity contribution is 8.00. The van der Waals surface area contributed by atoms with E-state index in [1.807, 2.05) is 12.1 Å². The number of amides is 2. The second-order valence-corrected chi connectivity index (χ2v) is 6.55. The van der Waals surface area contributed by atoms with Crippen LogP contribution < -0.4 is 25.3 Å². The molecule has 2 aromatic rings. The Balaban J connectivity index is 2.16. The van der Waals surface area contributed by atoms with Crippen LogP contribution in [0.3, 0.4) is 0 Å². The predicted molar refractivity (Wildman–Crippen MR) is 110 cm³/mol. The molecule has 0 unspecified atom stereocenters. The maximum Gasteiger partial charge on any atom is 0.248 e. The van der Waals surface area contributed by atoms with E-state index < -0.39 is 5.91 Å². The van der Waals surface area contributed by atoms with Gasteiger partial charge in [-0.1, -0.05) is 12.1 Å². The van der Waals surface area contributed by atoms with Crippen molar-refractivity contribution in [3.63, 3.8) is 0 Å². The van der Waals surface area contributed by atoms with Gasteiger partial charge >= 0.3 is 0 Å². The number of nitrogens with one attached hydrogen (secondary N) is 1. The maximum atomic E-state index is 12.3. The van der Waals surface area contributed by atoms with E-state index in [2.05, 4.69) is 5.32 Å². The number of para-hydroxylation sites is 1. The van der Waals surface area contributed by atoms with Crippen molar-refractivity contribution in [2.24, 2.45) is 5.73 Å². The Morgan fingerprint density at radius 3 is 2.29 bits per heavy atom. The summed E-state index contributed by atoms with van der Waals surface area (Å²) in [6.45, 7) is 0. The first-order chi connectivity index (χ1) is 13.5. The van der Waals surface area contributed by atoms with Crippen molar-refractivity contribution in [3.8, 4) is 17.2 Å². The molecule has 2 aromatic carbocycles. The van der Waals surface area contributed by atoms with Gasteiger partial charge in [0.1, 0.15) is 0 Å². The molecular weight excluding hydrogens is 380 g/mol. The number of ether oxygens (including phenoxy) is 3. The van der Waals surface area contributed by atoms with Crippen LogP contribution in [0.5, 0.6) is 17.2 Å². The molecule has 0 aliphatic carbocycles. The number of methoxy groups -OCH3 is 3. The number of hydrogen-bond acceptors (Lipinski definition) is 6. The van der Waals surface area contributed by atoms with Gasteiger partial charge in [0.05, 0.1) is 32.8 Å². The Bertz CT molecular complexity index is 858. The smallest absolute Gasteiger partial charge is 0.248 e. The van der Waals surface area contributed by atoms with Crippen molar-refractivity contribution < 1.29 is 23.8 Å². The Morgan fingerprint density at radius 2 is 1.71 bits per heavy atom. The third-order valence-electron chi connectivity index (χ3n) is 3.63. The minimum Gasteiger partial charge on any atom is -0.493 e. The van der Waals surface area contributed by atoms with Crippen LogP contribution in [0.1, 0.15) is 5.56 Å². The number of nitrogens with two attached hydrogens (primary N) is 1. The summed E-state index contributed by atoms with van der Waals surface area (Å²) in [7, 11) is 4.58. The summed E-state index contributed by atoms with van der Waals surface area (Å²) in [4.78, 5) is 24.1. The van der Waals surface area contributed by atoms with E-state index in [4.69, 9.17) is 19.9 Å². The molecule has 2 amide bonds. The molecule has 0 aromatic heterocycles.